The summed E-state index contributed by atoms with van der Waals surface area (Å²) in [6, 6.07) is 11.6. The quantitative estimate of drug-likeness (QED) is 0.820. The van der Waals surface area contributed by atoms with Crippen LogP contribution < -0.4 is 0 Å². The Bertz CT molecular complexity index is 435. The highest BCUT2D eigenvalue weighted by Gasteiger charge is 2.22. The summed E-state index contributed by atoms with van der Waals surface area (Å²) in [6.45, 7) is 4.16. The van der Waals surface area contributed by atoms with Crippen molar-refractivity contribution in [2.75, 3.05) is 13.6 Å². The number of hydrogen-bond acceptors (Lipinski definition) is 3. The molecule has 0 spiro atoms. The Labute approximate surface area is 108 Å². The van der Waals surface area contributed by atoms with Gasteiger partial charge < -0.3 is 9.64 Å². The number of hydrogen-bond donors (Lipinski definition) is 0. The molecule has 0 aromatic heterocycles. The van der Waals surface area contributed by atoms with E-state index in [1.54, 1.807) is 20.9 Å². The van der Waals surface area contributed by atoms with E-state index in [0.29, 0.717) is 6.54 Å². The number of nitriles is 1. The first-order chi connectivity index (χ1) is 8.44. The van der Waals surface area contributed by atoms with Crippen LogP contribution in [-0.2, 0) is 11.3 Å². The van der Waals surface area contributed by atoms with Gasteiger partial charge in [-0.15, -0.1) is 0 Å². The van der Waals surface area contributed by atoms with Crippen LogP contribution in [0.5, 0.6) is 0 Å². The van der Waals surface area contributed by atoms with E-state index in [0.717, 1.165) is 5.56 Å². The highest BCUT2D eigenvalue weighted by Crippen LogP contribution is 2.15. The molecule has 1 amide bonds. The van der Waals surface area contributed by atoms with Crippen LogP contribution in [-0.4, -0.2) is 24.6 Å². The minimum atomic E-state index is -0.569. The Morgan fingerprint density at radius 3 is 2.56 bits per heavy atom. The molecule has 0 bridgehead atoms. The molecule has 0 aliphatic rings. The molecule has 4 heteroatoms. The summed E-state index contributed by atoms with van der Waals surface area (Å²) < 4.78 is 5.16. The van der Waals surface area contributed by atoms with Gasteiger partial charge in [-0.3, -0.25) is 0 Å². The van der Waals surface area contributed by atoms with E-state index < -0.39 is 11.5 Å². The third-order valence-electron chi connectivity index (χ3n) is 2.45. The number of carbonyl (C=O) groups is 1. The van der Waals surface area contributed by atoms with Crippen LogP contribution >= 0.6 is 0 Å². The van der Waals surface area contributed by atoms with E-state index in [1.165, 1.54) is 4.90 Å². The summed E-state index contributed by atoms with van der Waals surface area (Å²) >= 11 is 0. The van der Waals surface area contributed by atoms with E-state index in [9.17, 15) is 4.79 Å². The molecule has 0 saturated carbocycles. The number of nitrogens with zero attached hydrogens (tertiary/aromatic N) is 2. The molecule has 0 unspecified atom stereocenters. The third-order valence-corrected chi connectivity index (χ3v) is 2.45. The highest BCUT2D eigenvalue weighted by atomic mass is 16.6. The molecule has 1 rings (SSSR count). The molecule has 96 valence electrons. The van der Waals surface area contributed by atoms with E-state index in [1.807, 2.05) is 30.3 Å². The second-order valence-electron chi connectivity index (χ2n) is 4.89. The lowest BCUT2D eigenvalue weighted by atomic mass is 9.95. The van der Waals surface area contributed by atoms with Crippen molar-refractivity contribution in [2.45, 2.75) is 20.5 Å². The maximum Gasteiger partial charge on any atom is 0.409 e. The molecule has 0 atom stereocenters. The van der Waals surface area contributed by atoms with Gasteiger partial charge in [0.15, 0.2) is 0 Å². The van der Waals surface area contributed by atoms with Gasteiger partial charge in [-0.05, 0) is 19.4 Å². The maximum absolute atomic E-state index is 11.7. The van der Waals surface area contributed by atoms with Gasteiger partial charge in [0, 0.05) is 13.6 Å². The van der Waals surface area contributed by atoms with Crippen LogP contribution in [0.15, 0.2) is 30.3 Å². The normalized spacial score (nSPS) is 10.6. The Balaban J connectivity index is 2.44. The molecule has 0 fully saturated rings. The molecule has 0 N–H and O–H groups in total. The standard InChI is InChI=1S/C14H18N2O2/c1-14(2,10-15)11-16(3)13(17)18-9-12-7-5-4-6-8-12/h4-8H,9,11H2,1-3H3. The average molecular weight is 246 g/mol. The fraction of sp³-hybridized carbons (Fsp3) is 0.429. The minimum absolute atomic E-state index is 0.247. The lowest BCUT2D eigenvalue weighted by Gasteiger charge is -2.23. The van der Waals surface area contributed by atoms with Crippen molar-refractivity contribution in [2.24, 2.45) is 5.41 Å². The van der Waals surface area contributed by atoms with Crippen molar-refractivity contribution in [1.82, 2.24) is 4.90 Å². The highest BCUT2D eigenvalue weighted by molar-refractivity contribution is 5.67. The number of rotatable bonds is 4. The summed E-state index contributed by atoms with van der Waals surface area (Å²) in [6.07, 6.45) is -0.415. The summed E-state index contributed by atoms with van der Waals surface area (Å²) in [5, 5.41) is 8.90. The van der Waals surface area contributed by atoms with Crippen LogP contribution in [0.25, 0.3) is 0 Å². The second kappa shape index (κ2) is 6.06. The molecule has 1 aromatic carbocycles. The Morgan fingerprint density at radius 1 is 1.39 bits per heavy atom. The largest absolute Gasteiger partial charge is 0.445 e. The molecule has 0 saturated heterocycles. The van der Waals surface area contributed by atoms with E-state index in [4.69, 9.17) is 10.00 Å². The predicted octanol–water partition coefficient (Wildman–Crippen LogP) is 2.80. The van der Waals surface area contributed by atoms with Gasteiger partial charge in [-0.25, -0.2) is 4.79 Å². The molecule has 4 nitrogen and oxygen atoms in total. The van der Waals surface area contributed by atoms with Crippen molar-refractivity contribution >= 4 is 6.09 Å². The topological polar surface area (TPSA) is 53.3 Å². The van der Waals surface area contributed by atoms with Crippen LogP contribution in [0.1, 0.15) is 19.4 Å². The van der Waals surface area contributed by atoms with E-state index in [-0.39, 0.29) is 6.61 Å². The van der Waals surface area contributed by atoms with E-state index in [2.05, 4.69) is 6.07 Å². The van der Waals surface area contributed by atoms with Crippen molar-refractivity contribution in [3.8, 4) is 6.07 Å². The zero-order valence-electron chi connectivity index (χ0n) is 11.0. The second-order valence-corrected chi connectivity index (χ2v) is 4.89. The Morgan fingerprint density at radius 2 is 2.00 bits per heavy atom. The Hall–Kier alpha value is -2.02. The van der Waals surface area contributed by atoms with E-state index >= 15 is 0 Å². The van der Waals surface area contributed by atoms with Crippen LogP contribution in [0, 0.1) is 16.7 Å². The van der Waals surface area contributed by atoms with Gasteiger partial charge in [-0.2, -0.15) is 5.26 Å². The van der Waals surface area contributed by atoms with Crippen molar-refractivity contribution in [1.29, 1.82) is 5.26 Å². The van der Waals surface area contributed by atoms with Gasteiger partial charge in [-0.1, -0.05) is 30.3 Å². The molecular formula is C14H18N2O2. The van der Waals surface area contributed by atoms with Gasteiger partial charge in [0.05, 0.1) is 11.5 Å². The third kappa shape index (κ3) is 4.46. The maximum atomic E-state index is 11.7. The van der Waals surface area contributed by atoms with Crippen molar-refractivity contribution < 1.29 is 9.53 Å². The minimum Gasteiger partial charge on any atom is -0.445 e. The SMILES string of the molecule is CN(CC(C)(C)C#N)C(=O)OCc1ccccc1. The van der Waals surface area contributed by atoms with Gasteiger partial charge >= 0.3 is 6.09 Å². The first-order valence-corrected chi connectivity index (χ1v) is 5.78. The zero-order valence-corrected chi connectivity index (χ0v) is 11.0. The van der Waals surface area contributed by atoms with Gasteiger partial charge in [0.1, 0.15) is 6.61 Å². The van der Waals surface area contributed by atoms with Gasteiger partial charge in [0.25, 0.3) is 0 Å². The molecule has 0 aliphatic carbocycles. The molecule has 18 heavy (non-hydrogen) atoms. The molecule has 0 heterocycles. The molecule has 0 aliphatic heterocycles. The number of ether oxygens (including phenoxy) is 1. The molecule has 1 aromatic rings. The first kappa shape index (κ1) is 14.0. The monoisotopic (exact) mass is 246 g/mol. The zero-order chi connectivity index (χ0) is 13.6. The number of amides is 1. The fourth-order valence-electron chi connectivity index (χ4n) is 1.52. The average Bonchev–Trinajstić information content (AvgIpc) is 2.36. The lowest BCUT2D eigenvalue weighted by molar-refractivity contribution is 0.0969. The first-order valence-electron chi connectivity index (χ1n) is 5.78. The molecular weight excluding hydrogens is 228 g/mol. The summed E-state index contributed by atoms with van der Waals surface area (Å²) in [4.78, 5) is 13.1. The van der Waals surface area contributed by atoms with Crippen molar-refractivity contribution in [3.05, 3.63) is 35.9 Å². The fourth-order valence-corrected chi connectivity index (χ4v) is 1.52. The van der Waals surface area contributed by atoms with Crippen LogP contribution in [0.4, 0.5) is 4.79 Å². The number of benzene rings is 1. The number of carbonyl (C=O) groups excluding carboxylic acids is 1. The lowest BCUT2D eigenvalue weighted by Crippen LogP contribution is -2.35. The Kier molecular flexibility index (Phi) is 4.73. The summed E-state index contributed by atoms with van der Waals surface area (Å²) in [5.41, 5.74) is 0.374. The van der Waals surface area contributed by atoms with Crippen LogP contribution in [0.3, 0.4) is 0 Å². The van der Waals surface area contributed by atoms with Crippen molar-refractivity contribution in [3.63, 3.8) is 0 Å². The van der Waals surface area contributed by atoms with Crippen LogP contribution in [0.2, 0.25) is 0 Å². The summed E-state index contributed by atoms with van der Waals surface area (Å²) in [5.74, 6) is 0. The van der Waals surface area contributed by atoms with Gasteiger partial charge in [0.2, 0.25) is 0 Å². The predicted molar refractivity (Wildman–Crippen MR) is 68.7 cm³/mol. The summed E-state index contributed by atoms with van der Waals surface area (Å²) in [7, 11) is 1.63. The molecule has 0 radical (unpaired) electrons. The smallest absolute Gasteiger partial charge is 0.409 e.